The Morgan fingerprint density at radius 3 is 2.84 bits per heavy atom. The number of aromatic nitrogens is 2. The second-order valence-corrected chi connectivity index (χ2v) is 4.76. The number of nitrogens with one attached hydrogen (secondary N) is 2. The molecule has 0 bridgehead atoms. The Hall–Kier alpha value is -2.36. The van der Waals surface area contributed by atoms with Crippen molar-refractivity contribution >= 4 is 11.9 Å². The number of alkyl carbamates (subject to hydrolysis) is 1. The molecule has 0 fully saturated rings. The molecule has 2 N–H and O–H groups in total. The Bertz CT molecular complexity index is 476. The van der Waals surface area contributed by atoms with Crippen LogP contribution in [0.2, 0.25) is 0 Å². The van der Waals surface area contributed by atoms with Crippen molar-refractivity contribution < 1.29 is 9.53 Å². The van der Waals surface area contributed by atoms with Crippen LogP contribution in [0.3, 0.4) is 0 Å². The van der Waals surface area contributed by atoms with E-state index in [0.29, 0.717) is 24.5 Å². The van der Waals surface area contributed by atoms with E-state index < -0.39 is 11.7 Å². The summed E-state index contributed by atoms with van der Waals surface area (Å²) in [4.78, 5) is 11.4. The van der Waals surface area contributed by atoms with E-state index in [1.54, 1.807) is 26.8 Å². The maximum Gasteiger partial charge on any atom is 0.407 e. The third kappa shape index (κ3) is 5.68. The summed E-state index contributed by atoms with van der Waals surface area (Å²) in [5.74, 6) is 0.399. The normalized spacial score (nSPS) is 10.4. The minimum atomic E-state index is -0.517. The predicted octanol–water partition coefficient (Wildman–Crippen LogP) is 1.28. The molecule has 1 rings (SSSR count). The summed E-state index contributed by atoms with van der Waals surface area (Å²) in [6.07, 6.45) is 0.969. The van der Waals surface area contributed by atoms with Crippen molar-refractivity contribution in [2.45, 2.75) is 26.4 Å². The van der Waals surface area contributed by atoms with Crippen molar-refractivity contribution in [2.75, 3.05) is 18.4 Å². The van der Waals surface area contributed by atoms with Crippen LogP contribution in [0.25, 0.3) is 0 Å². The number of nitriles is 1. The fourth-order valence-electron chi connectivity index (χ4n) is 1.21. The van der Waals surface area contributed by atoms with Crippen molar-refractivity contribution in [1.29, 1.82) is 5.26 Å². The molecule has 0 aliphatic heterocycles. The highest BCUT2D eigenvalue weighted by Crippen LogP contribution is 2.07. The van der Waals surface area contributed by atoms with Gasteiger partial charge in [-0.2, -0.15) is 10.4 Å². The first-order chi connectivity index (χ1) is 8.92. The second-order valence-electron chi connectivity index (χ2n) is 4.76. The van der Waals surface area contributed by atoms with E-state index in [0.717, 1.165) is 0 Å². The zero-order chi connectivity index (χ0) is 14.3. The molecule has 0 saturated carbocycles. The van der Waals surface area contributed by atoms with E-state index in [-0.39, 0.29) is 0 Å². The standard InChI is InChI=1S/C12H17N5O2/c1-12(2,3)19-11(18)15-7-6-14-10-9(8-13)4-5-16-17-10/h4-5H,6-7H2,1-3H3,(H,14,17)(H,15,18). The fourth-order valence-corrected chi connectivity index (χ4v) is 1.21. The first-order valence-corrected chi connectivity index (χ1v) is 5.85. The Morgan fingerprint density at radius 1 is 1.47 bits per heavy atom. The molecular formula is C12H17N5O2. The van der Waals surface area contributed by atoms with E-state index in [2.05, 4.69) is 20.8 Å². The lowest BCUT2D eigenvalue weighted by Crippen LogP contribution is -2.35. The molecular weight excluding hydrogens is 246 g/mol. The van der Waals surface area contributed by atoms with E-state index in [4.69, 9.17) is 10.00 Å². The van der Waals surface area contributed by atoms with Crippen LogP contribution in [0.15, 0.2) is 12.3 Å². The molecule has 0 atom stereocenters. The van der Waals surface area contributed by atoms with Gasteiger partial charge >= 0.3 is 6.09 Å². The van der Waals surface area contributed by atoms with Gasteiger partial charge in [-0.25, -0.2) is 4.79 Å². The largest absolute Gasteiger partial charge is 0.444 e. The van der Waals surface area contributed by atoms with Gasteiger partial charge in [-0.3, -0.25) is 0 Å². The molecule has 7 heteroatoms. The number of rotatable bonds is 4. The minimum absolute atomic E-state index is 0.357. The summed E-state index contributed by atoms with van der Waals surface area (Å²) >= 11 is 0. The number of carbonyl (C=O) groups excluding carboxylic acids is 1. The fraction of sp³-hybridized carbons (Fsp3) is 0.500. The molecule has 0 unspecified atom stereocenters. The summed E-state index contributed by atoms with van der Waals surface area (Å²) in [6, 6.07) is 3.57. The summed E-state index contributed by atoms with van der Waals surface area (Å²) in [5, 5.41) is 21.8. The highest BCUT2D eigenvalue weighted by atomic mass is 16.6. The molecule has 0 radical (unpaired) electrons. The summed E-state index contributed by atoms with van der Waals surface area (Å²) in [7, 11) is 0. The summed E-state index contributed by atoms with van der Waals surface area (Å²) < 4.78 is 5.08. The number of ether oxygens (including phenoxy) is 1. The molecule has 1 aromatic rings. The van der Waals surface area contributed by atoms with Crippen LogP contribution >= 0.6 is 0 Å². The molecule has 1 aromatic heterocycles. The number of carbonyl (C=O) groups is 1. The smallest absolute Gasteiger partial charge is 0.407 e. The van der Waals surface area contributed by atoms with Crippen molar-refractivity contribution in [1.82, 2.24) is 15.5 Å². The summed E-state index contributed by atoms with van der Waals surface area (Å²) in [5.41, 5.74) is -0.108. The van der Waals surface area contributed by atoms with Gasteiger partial charge < -0.3 is 15.4 Å². The summed E-state index contributed by atoms with van der Waals surface area (Å²) in [6.45, 7) is 6.17. The lowest BCUT2D eigenvalue weighted by molar-refractivity contribution is 0.0530. The molecule has 1 heterocycles. The Kier molecular flexibility index (Phi) is 5.06. The first kappa shape index (κ1) is 14.7. The van der Waals surface area contributed by atoms with Gasteiger partial charge in [-0.15, -0.1) is 5.10 Å². The highest BCUT2D eigenvalue weighted by molar-refractivity contribution is 5.67. The average molecular weight is 263 g/mol. The van der Waals surface area contributed by atoms with Gasteiger partial charge in [-0.1, -0.05) is 0 Å². The highest BCUT2D eigenvalue weighted by Gasteiger charge is 2.15. The van der Waals surface area contributed by atoms with Gasteiger partial charge in [0.2, 0.25) is 0 Å². The second kappa shape index (κ2) is 6.54. The predicted molar refractivity (Wildman–Crippen MR) is 69.5 cm³/mol. The van der Waals surface area contributed by atoms with Crippen LogP contribution in [0, 0.1) is 11.3 Å². The molecule has 1 amide bonds. The molecule has 0 saturated heterocycles. The van der Waals surface area contributed by atoms with Crippen LogP contribution in [0.1, 0.15) is 26.3 Å². The SMILES string of the molecule is CC(C)(C)OC(=O)NCCNc1nnccc1C#N. The van der Waals surface area contributed by atoms with Crippen LogP contribution in [-0.4, -0.2) is 35.0 Å². The van der Waals surface area contributed by atoms with Crippen molar-refractivity contribution in [3.63, 3.8) is 0 Å². The van der Waals surface area contributed by atoms with Gasteiger partial charge in [-0.05, 0) is 26.8 Å². The van der Waals surface area contributed by atoms with Crippen molar-refractivity contribution in [3.05, 3.63) is 17.8 Å². The quantitative estimate of drug-likeness (QED) is 0.794. The molecule has 7 nitrogen and oxygen atoms in total. The van der Waals surface area contributed by atoms with Gasteiger partial charge in [0.25, 0.3) is 0 Å². The molecule has 0 aromatic carbocycles. The maximum absolute atomic E-state index is 11.4. The van der Waals surface area contributed by atoms with Crippen LogP contribution in [-0.2, 0) is 4.74 Å². The van der Waals surface area contributed by atoms with Gasteiger partial charge in [0.1, 0.15) is 11.7 Å². The third-order valence-corrected chi connectivity index (χ3v) is 1.93. The number of anilines is 1. The Balaban J connectivity index is 2.32. The Morgan fingerprint density at radius 2 is 2.21 bits per heavy atom. The number of amides is 1. The van der Waals surface area contributed by atoms with Crippen molar-refractivity contribution in [2.24, 2.45) is 0 Å². The van der Waals surface area contributed by atoms with Gasteiger partial charge in [0.15, 0.2) is 5.82 Å². The maximum atomic E-state index is 11.4. The Labute approximate surface area is 112 Å². The zero-order valence-corrected chi connectivity index (χ0v) is 11.2. The number of nitrogens with zero attached hydrogens (tertiary/aromatic N) is 3. The van der Waals surface area contributed by atoms with E-state index in [1.165, 1.54) is 6.20 Å². The molecule has 102 valence electrons. The lowest BCUT2D eigenvalue weighted by Gasteiger charge is -2.19. The molecule has 0 aliphatic carbocycles. The molecule has 0 aliphatic rings. The lowest BCUT2D eigenvalue weighted by atomic mass is 10.2. The van der Waals surface area contributed by atoms with Crippen molar-refractivity contribution in [3.8, 4) is 6.07 Å². The van der Waals surface area contributed by atoms with E-state index in [1.807, 2.05) is 6.07 Å². The monoisotopic (exact) mass is 263 g/mol. The van der Waals surface area contributed by atoms with E-state index >= 15 is 0 Å². The van der Waals surface area contributed by atoms with Crippen LogP contribution in [0.4, 0.5) is 10.6 Å². The van der Waals surface area contributed by atoms with Crippen LogP contribution < -0.4 is 10.6 Å². The molecule has 19 heavy (non-hydrogen) atoms. The topological polar surface area (TPSA) is 99.9 Å². The third-order valence-electron chi connectivity index (χ3n) is 1.93. The molecule has 0 spiro atoms. The number of hydrogen-bond acceptors (Lipinski definition) is 6. The number of hydrogen-bond donors (Lipinski definition) is 2. The average Bonchev–Trinajstić information content (AvgIpc) is 2.33. The zero-order valence-electron chi connectivity index (χ0n) is 11.2. The minimum Gasteiger partial charge on any atom is -0.444 e. The van der Waals surface area contributed by atoms with E-state index in [9.17, 15) is 4.79 Å². The van der Waals surface area contributed by atoms with Crippen LogP contribution in [0.5, 0.6) is 0 Å². The van der Waals surface area contributed by atoms with Gasteiger partial charge in [0.05, 0.1) is 11.8 Å². The first-order valence-electron chi connectivity index (χ1n) is 5.85. The van der Waals surface area contributed by atoms with Gasteiger partial charge in [0, 0.05) is 13.1 Å².